The van der Waals surface area contributed by atoms with E-state index < -0.39 is 6.61 Å². The molecule has 1 aromatic heterocycles. The minimum atomic E-state index is -2.86. The lowest BCUT2D eigenvalue weighted by Gasteiger charge is -2.24. The number of aromatic nitrogens is 2. The van der Waals surface area contributed by atoms with Gasteiger partial charge in [0, 0.05) is 37.5 Å². The van der Waals surface area contributed by atoms with Gasteiger partial charge in [0.1, 0.15) is 5.75 Å². The van der Waals surface area contributed by atoms with Gasteiger partial charge in [-0.05, 0) is 27.1 Å². The predicted molar refractivity (Wildman–Crippen MR) is 121 cm³/mol. The van der Waals surface area contributed by atoms with Crippen LogP contribution in [0, 0.1) is 0 Å². The van der Waals surface area contributed by atoms with Gasteiger partial charge in [-0.15, -0.1) is 24.0 Å². The molecular formula is C19H29F2IN6O. The molecule has 1 aromatic carbocycles. The van der Waals surface area contributed by atoms with Crippen LogP contribution in [0.2, 0.25) is 0 Å². The third-order valence-corrected chi connectivity index (χ3v) is 4.14. The number of para-hydroxylation sites is 1. The van der Waals surface area contributed by atoms with Crippen LogP contribution < -0.4 is 15.4 Å². The maximum absolute atomic E-state index is 12.6. The minimum absolute atomic E-state index is 0. The molecule has 7 nitrogen and oxygen atoms in total. The van der Waals surface area contributed by atoms with E-state index in [0.29, 0.717) is 24.6 Å². The fourth-order valence-corrected chi connectivity index (χ4v) is 2.76. The maximum Gasteiger partial charge on any atom is 0.387 e. The van der Waals surface area contributed by atoms with Gasteiger partial charge in [0.15, 0.2) is 5.96 Å². The van der Waals surface area contributed by atoms with Gasteiger partial charge in [-0.25, -0.2) is 4.99 Å². The highest BCUT2D eigenvalue weighted by Crippen LogP contribution is 2.21. The summed E-state index contributed by atoms with van der Waals surface area (Å²) in [5, 5.41) is 10.7. The Bertz CT molecular complexity index is 769. The number of nitrogens with one attached hydrogen (secondary N) is 2. The van der Waals surface area contributed by atoms with E-state index in [4.69, 9.17) is 0 Å². The van der Waals surface area contributed by atoms with E-state index in [0.717, 1.165) is 5.56 Å². The summed E-state index contributed by atoms with van der Waals surface area (Å²) in [4.78, 5) is 6.61. The van der Waals surface area contributed by atoms with Crippen LogP contribution in [0.5, 0.6) is 5.75 Å². The van der Waals surface area contributed by atoms with Gasteiger partial charge in [-0.1, -0.05) is 18.2 Å². The summed E-state index contributed by atoms with van der Waals surface area (Å²) in [6.07, 6.45) is 3.82. The number of alkyl halides is 2. The molecule has 0 fully saturated rings. The summed E-state index contributed by atoms with van der Waals surface area (Å²) in [5.41, 5.74) is 1.68. The Kier molecular flexibility index (Phi) is 10.9. The summed E-state index contributed by atoms with van der Waals surface area (Å²) < 4.78 is 31.5. The van der Waals surface area contributed by atoms with Gasteiger partial charge >= 0.3 is 6.61 Å². The summed E-state index contributed by atoms with van der Waals surface area (Å²) in [5.74, 6) is 0.740. The van der Waals surface area contributed by atoms with Crippen molar-refractivity contribution >= 4 is 29.9 Å². The number of rotatable bonds is 9. The van der Waals surface area contributed by atoms with Crippen molar-refractivity contribution in [2.45, 2.75) is 26.1 Å². The molecule has 2 rings (SSSR count). The molecule has 2 aromatic rings. The number of halogens is 3. The van der Waals surface area contributed by atoms with Crippen LogP contribution in [-0.2, 0) is 13.6 Å². The Morgan fingerprint density at radius 1 is 1.28 bits per heavy atom. The van der Waals surface area contributed by atoms with E-state index in [1.807, 2.05) is 40.5 Å². The Labute approximate surface area is 187 Å². The molecule has 0 radical (unpaired) electrons. The quantitative estimate of drug-likeness (QED) is 0.301. The molecule has 0 saturated carbocycles. The third-order valence-electron chi connectivity index (χ3n) is 4.14. The Hall–Kier alpha value is -1.95. The first kappa shape index (κ1) is 25.1. The number of aliphatic imine (C=N–C) groups is 1. The first-order valence-corrected chi connectivity index (χ1v) is 9.10. The summed E-state index contributed by atoms with van der Waals surface area (Å²) in [6.45, 7) is 0.616. The highest BCUT2D eigenvalue weighted by molar-refractivity contribution is 14.0. The van der Waals surface area contributed by atoms with Crippen LogP contribution >= 0.6 is 24.0 Å². The van der Waals surface area contributed by atoms with E-state index in [-0.39, 0.29) is 42.3 Å². The lowest BCUT2D eigenvalue weighted by Crippen LogP contribution is -2.41. The monoisotopic (exact) mass is 522 g/mol. The number of guanidine groups is 1. The van der Waals surface area contributed by atoms with Crippen LogP contribution in [0.1, 0.15) is 24.1 Å². The van der Waals surface area contributed by atoms with Crippen molar-refractivity contribution in [2.24, 2.45) is 12.0 Å². The van der Waals surface area contributed by atoms with Gasteiger partial charge in [-0.2, -0.15) is 13.9 Å². The number of aryl methyl sites for hydroxylation is 1. The largest absolute Gasteiger partial charge is 0.434 e. The fourth-order valence-electron chi connectivity index (χ4n) is 2.76. The van der Waals surface area contributed by atoms with Crippen LogP contribution in [0.15, 0.2) is 41.7 Å². The Morgan fingerprint density at radius 3 is 2.59 bits per heavy atom. The van der Waals surface area contributed by atoms with Gasteiger partial charge in [0.2, 0.25) is 0 Å². The zero-order valence-electron chi connectivity index (χ0n) is 17.1. The first-order chi connectivity index (χ1) is 13.4. The second-order valence-electron chi connectivity index (χ2n) is 6.49. The smallest absolute Gasteiger partial charge is 0.387 e. The van der Waals surface area contributed by atoms with Crippen LogP contribution in [0.3, 0.4) is 0 Å². The maximum atomic E-state index is 12.6. The zero-order valence-corrected chi connectivity index (χ0v) is 19.4. The van der Waals surface area contributed by atoms with Crippen LogP contribution in [-0.4, -0.2) is 54.4 Å². The highest BCUT2D eigenvalue weighted by atomic mass is 127. The summed E-state index contributed by atoms with van der Waals surface area (Å²) in [7, 11) is 5.89. The average Bonchev–Trinajstić information content (AvgIpc) is 3.06. The van der Waals surface area contributed by atoms with Crippen molar-refractivity contribution in [1.82, 2.24) is 25.3 Å². The SMILES string of the molecule is CCNC(=NCc1ccccc1OC(F)F)NCC(c1cnn(C)c1)N(C)C.I. The van der Waals surface area contributed by atoms with E-state index in [2.05, 4.69) is 30.4 Å². The molecule has 0 aliphatic rings. The molecule has 162 valence electrons. The van der Waals surface area contributed by atoms with Gasteiger partial charge < -0.3 is 20.3 Å². The Morgan fingerprint density at radius 2 is 2.00 bits per heavy atom. The zero-order chi connectivity index (χ0) is 20.5. The van der Waals surface area contributed by atoms with Crippen molar-refractivity contribution in [3.05, 3.63) is 47.8 Å². The number of nitrogens with zero attached hydrogens (tertiary/aromatic N) is 4. The predicted octanol–water partition coefficient (Wildman–Crippen LogP) is 3.00. The van der Waals surface area contributed by atoms with E-state index in [1.54, 1.807) is 22.9 Å². The van der Waals surface area contributed by atoms with Crippen molar-refractivity contribution in [1.29, 1.82) is 0 Å². The van der Waals surface area contributed by atoms with Crippen LogP contribution in [0.4, 0.5) is 8.78 Å². The molecule has 29 heavy (non-hydrogen) atoms. The summed E-state index contributed by atoms with van der Waals surface area (Å²) in [6, 6.07) is 6.77. The second kappa shape index (κ2) is 12.6. The molecule has 0 aliphatic carbocycles. The van der Waals surface area contributed by atoms with Crippen LogP contribution in [0.25, 0.3) is 0 Å². The number of hydrogen-bond donors (Lipinski definition) is 2. The molecule has 10 heteroatoms. The van der Waals surface area contributed by atoms with Crippen molar-refractivity contribution < 1.29 is 13.5 Å². The Balaban J connectivity index is 0.00000420. The van der Waals surface area contributed by atoms with E-state index in [9.17, 15) is 8.78 Å². The van der Waals surface area contributed by atoms with Gasteiger partial charge in [-0.3, -0.25) is 4.68 Å². The van der Waals surface area contributed by atoms with Crippen molar-refractivity contribution in [3.63, 3.8) is 0 Å². The van der Waals surface area contributed by atoms with Gasteiger partial charge in [0.05, 0.1) is 18.8 Å². The second-order valence-corrected chi connectivity index (χ2v) is 6.49. The molecule has 2 N–H and O–H groups in total. The molecule has 1 unspecified atom stereocenters. The first-order valence-electron chi connectivity index (χ1n) is 9.10. The number of likely N-dealkylation sites (N-methyl/N-ethyl adjacent to an activating group) is 1. The number of ether oxygens (including phenoxy) is 1. The molecule has 0 amide bonds. The van der Waals surface area contributed by atoms with E-state index in [1.165, 1.54) is 6.07 Å². The molecule has 1 atom stereocenters. The lowest BCUT2D eigenvalue weighted by molar-refractivity contribution is -0.0504. The third kappa shape index (κ3) is 8.13. The molecular weight excluding hydrogens is 493 g/mol. The molecule has 1 heterocycles. The minimum Gasteiger partial charge on any atom is -0.434 e. The highest BCUT2D eigenvalue weighted by Gasteiger charge is 2.16. The fraction of sp³-hybridized carbons (Fsp3) is 0.474. The molecule has 0 aliphatic heterocycles. The average molecular weight is 522 g/mol. The molecule has 0 spiro atoms. The van der Waals surface area contributed by atoms with Crippen molar-refractivity contribution in [2.75, 3.05) is 27.2 Å². The number of hydrogen-bond acceptors (Lipinski definition) is 4. The topological polar surface area (TPSA) is 66.7 Å². The normalized spacial score (nSPS) is 12.6. The molecule has 0 saturated heterocycles. The summed E-state index contributed by atoms with van der Waals surface area (Å²) >= 11 is 0. The number of benzene rings is 1. The van der Waals surface area contributed by atoms with E-state index >= 15 is 0 Å². The van der Waals surface area contributed by atoms with Gasteiger partial charge in [0.25, 0.3) is 0 Å². The lowest BCUT2D eigenvalue weighted by atomic mass is 10.1. The standard InChI is InChI=1S/C19H28F2N6O.HI/c1-5-22-19(23-10-14-8-6-7-9-17(14)28-18(20)21)24-12-16(26(2)3)15-11-25-27(4)13-15;/h6-9,11,13,16,18H,5,10,12H2,1-4H3,(H2,22,23,24);1H. The molecule has 0 bridgehead atoms. The van der Waals surface area contributed by atoms with Crippen molar-refractivity contribution in [3.8, 4) is 5.75 Å².